The predicted octanol–water partition coefficient (Wildman–Crippen LogP) is 4.00. The lowest BCUT2D eigenvalue weighted by atomic mass is 10.2. The van der Waals surface area contributed by atoms with Crippen molar-refractivity contribution >= 4 is 27.5 Å². The zero-order valence-corrected chi connectivity index (χ0v) is 14.2. The summed E-state index contributed by atoms with van der Waals surface area (Å²) < 4.78 is 10.9. The highest BCUT2D eigenvalue weighted by Crippen LogP contribution is 2.16. The molecule has 21 heavy (non-hydrogen) atoms. The molecule has 4 nitrogen and oxygen atoms in total. The second-order valence-electron chi connectivity index (χ2n) is 4.68. The van der Waals surface area contributed by atoms with Crippen LogP contribution in [0.2, 0.25) is 0 Å². The van der Waals surface area contributed by atoms with Crippen molar-refractivity contribution in [1.82, 2.24) is 0 Å². The van der Waals surface area contributed by atoms with Gasteiger partial charge in [0, 0.05) is 30.7 Å². The molecule has 1 N–H and O–H groups in total. The molecule has 0 radical (unpaired) electrons. The first-order chi connectivity index (χ1) is 10.3. The zero-order valence-electron chi connectivity index (χ0n) is 12.6. The summed E-state index contributed by atoms with van der Waals surface area (Å²) >= 11 is 3.31. The summed E-state index contributed by atoms with van der Waals surface area (Å²) in [5, 5.41) is 3.67. The Kier molecular flexibility index (Phi) is 9.91. The van der Waals surface area contributed by atoms with Gasteiger partial charge in [0.05, 0.1) is 6.61 Å². The van der Waals surface area contributed by atoms with Crippen LogP contribution in [0.3, 0.4) is 0 Å². The lowest BCUT2D eigenvalue weighted by molar-refractivity contribution is -0.116. The van der Waals surface area contributed by atoms with E-state index in [4.69, 9.17) is 9.47 Å². The number of rotatable bonds is 11. The smallest absolute Gasteiger partial charge is 0.224 e. The van der Waals surface area contributed by atoms with Crippen molar-refractivity contribution in [3.8, 4) is 5.75 Å². The minimum absolute atomic E-state index is 0.0169. The number of carbonyl (C=O) groups excluding carboxylic acids is 1. The Morgan fingerprint density at radius 2 is 1.86 bits per heavy atom. The maximum Gasteiger partial charge on any atom is 0.224 e. The molecule has 5 heteroatoms. The third kappa shape index (κ3) is 8.73. The lowest BCUT2D eigenvalue weighted by Gasteiger charge is -2.08. The molecule has 0 aromatic heterocycles. The first-order valence-electron chi connectivity index (χ1n) is 7.42. The number of nitrogens with one attached hydrogen (secondary N) is 1. The molecule has 0 saturated carbocycles. The van der Waals surface area contributed by atoms with Crippen LogP contribution >= 0.6 is 15.9 Å². The normalized spacial score (nSPS) is 10.4. The predicted molar refractivity (Wildman–Crippen MR) is 89.3 cm³/mol. The molecule has 0 bridgehead atoms. The summed E-state index contributed by atoms with van der Waals surface area (Å²) in [5.74, 6) is 0.819. The van der Waals surface area contributed by atoms with E-state index < -0.39 is 0 Å². The van der Waals surface area contributed by atoms with Gasteiger partial charge in [-0.15, -0.1) is 0 Å². The molecule has 1 rings (SSSR count). The van der Waals surface area contributed by atoms with E-state index in [0.29, 0.717) is 19.6 Å². The van der Waals surface area contributed by atoms with E-state index in [0.717, 1.165) is 42.6 Å². The summed E-state index contributed by atoms with van der Waals surface area (Å²) in [6, 6.07) is 7.40. The van der Waals surface area contributed by atoms with E-state index in [9.17, 15) is 4.79 Å². The number of benzene rings is 1. The number of amides is 1. The van der Waals surface area contributed by atoms with Crippen molar-refractivity contribution in [3.05, 3.63) is 24.3 Å². The molecule has 0 atom stereocenters. The van der Waals surface area contributed by atoms with Gasteiger partial charge in [0.1, 0.15) is 5.75 Å². The number of anilines is 1. The highest BCUT2D eigenvalue weighted by Gasteiger charge is 2.02. The Morgan fingerprint density at radius 1 is 1.14 bits per heavy atom. The van der Waals surface area contributed by atoms with Gasteiger partial charge >= 0.3 is 0 Å². The lowest BCUT2D eigenvalue weighted by Crippen LogP contribution is -2.12. The van der Waals surface area contributed by atoms with Crippen LogP contribution in [0.25, 0.3) is 0 Å². The van der Waals surface area contributed by atoms with Crippen molar-refractivity contribution in [2.45, 2.75) is 32.6 Å². The maximum atomic E-state index is 11.8. The van der Waals surface area contributed by atoms with Crippen molar-refractivity contribution in [3.63, 3.8) is 0 Å². The van der Waals surface area contributed by atoms with Crippen LogP contribution in [-0.2, 0) is 9.53 Å². The van der Waals surface area contributed by atoms with E-state index in [1.807, 2.05) is 24.3 Å². The van der Waals surface area contributed by atoms with E-state index in [-0.39, 0.29) is 5.91 Å². The molecule has 1 aromatic rings. The van der Waals surface area contributed by atoms with Gasteiger partial charge in [0.15, 0.2) is 0 Å². The average molecular weight is 358 g/mol. The monoisotopic (exact) mass is 357 g/mol. The Morgan fingerprint density at radius 3 is 2.52 bits per heavy atom. The third-order valence-corrected chi connectivity index (χ3v) is 3.14. The number of ether oxygens (including phenoxy) is 2. The largest absolute Gasteiger partial charge is 0.493 e. The van der Waals surface area contributed by atoms with Crippen molar-refractivity contribution in [2.75, 3.05) is 30.5 Å². The summed E-state index contributed by atoms with van der Waals surface area (Å²) in [7, 11) is 0. The fourth-order valence-electron chi connectivity index (χ4n) is 1.70. The standard InChI is InChI=1S/C16H24BrNO3/c1-2-3-11-20-12-4-5-16(19)18-14-6-8-15(9-7-14)21-13-10-17/h6-9H,2-5,10-13H2,1H3,(H,18,19). The number of hydrogen-bond donors (Lipinski definition) is 1. The molecular formula is C16H24BrNO3. The van der Waals surface area contributed by atoms with Gasteiger partial charge in [-0.1, -0.05) is 29.3 Å². The Hall–Kier alpha value is -1.07. The summed E-state index contributed by atoms with van der Waals surface area (Å²) in [6.45, 7) is 4.19. The Balaban J connectivity index is 2.18. The van der Waals surface area contributed by atoms with Gasteiger partial charge in [-0.25, -0.2) is 0 Å². The molecule has 0 aliphatic carbocycles. The van der Waals surface area contributed by atoms with Crippen LogP contribution in [0.5, 0.6) is 5.75 Å². The van der Waals surface area contributed by atoms with Gasteiger partial charge < -0.3 is 14.8 Å². The maximum absolute atomic E-state index is 11.8. The minimum Gasteiger partial charge on any atom is -0.493 e. The molecule has 0 unspecified atom stereocenters. The van der Waals surface area contributed by atoms with Crippen LogP contribution in [-0.4, -0.2) is 31.1 Å². The summed E-state index contributed by atoms with van der Waals surface area (Å²) in [6.07, 6.45) is 3.45. The van der Waals surface area contributed by atoms with E-state index in [1.165, 1.54) is 0 Å². The van der Waals surface area contributed by atoms with E-state index in [1.54, 1.807) is 0 Å². The fourth-order valence-corrected chi connectivity index (χ4v) is 1.86. The number of alkyl halides is 1. The van der Waals surface area contributed by atoms with Crippen LogP contribution in [0.4, 0.5) is 5.69 Å². The molecule has 0 aliphatic heterocycles. The van der Waals surface area contributed by atoms with Gasteiger partial charge in [-0.05, 0) is 37.1 Å². The van der Waals surface area contributed by atoms with Crippen LogP contribution in [0, 0.1) is 0 Å². The van der Waals surface area contributed by atoms with Gasteiger partial charge in [-0.3, -0.25) is 4.79 Å². The fraction of sp³-hybridized carbons (Fsp3) is 0.562. The van der Waals surface area contributed by atoms with Crippen molar-refractivity contribution in [1.29, 1.82) is 0 Å². The van der Waals surface area contributed by atoms with Gasteiger partial charge in [-0.2, -0.15) is 0 Å². The average Bonchev–Trinajstić information content (AvgIpc) is 2.50. The quantitative estimate of drug-likeness (QED) is 0.481. The topological polar surface area (TPSA) is 47.6 Å². The van der Waals surface area contributed by atoms with E-state index in [2.05, 4.69) is 28.2 Å². The second kappa shape index (κ2) is 11.6. The molecular weight excluding hydrogens is 334 g/mol. The zero-order chi connectivity index (χ0) is 15.3. The molecule has 0 spiro atoms. The number of halogens is 1. The molecule has 0 heterocycles. The second-order valence-corrected chi connectivity index (χ2v) is 5.47. The summed E-state index contributed by atoms with van der Waals surface area (Å²) in [5.41, 5.74) is 0.790. The highest BCUT2D eigenvalue weighted by molar-refractivity contribution is 9.09. The molecule has 0 fully saturated rings. The Labute approximate surface area is 135 Å². The first-order valence-corrected chi connectivity index (χ1v) is 8.55. The molecule has 118 valence electrons. The Bertz CT molecular complexity index is 395. The van der Waals surface area contributed by atoms with Crippen LogP contribution in [0.15, 0.2) is 24.3 Å². The third-order valence-electron chi connectivity index (χ3n) is 2.82. The van der Waals surface area contributed by atoms with Crippen LogP contribution < -0.4 is 10.1 Å². The van der Waals surface area contributed by atoms with Gasteiger partial charge in [0.25, 0.3) is 0 Å². The summed E-state index contributed by atoms with van der Waals surface area (Å²) in [4.78, 5) is 11.8. The number of carbonyl (C=O) groups is 1. The molecule has 0 saturated heterocycles. The van der Waals surface area contributed by atoms with E-state index >= 15 is 0 Å². The SMILES string of the molecule is CCCCOCCCC(=O)Nc1ccc(OCCBr)cc1. The van der Waals surface area contributed by atoms with Gasteiger partial charge in [0.2, 0.25) is 5.91 Å². The van der Waals surface area contributed by atoms with Crippen molar-refractivity contribution < 1.29 is 14.3 Å². The van der Waals surface area contributed by atoms with Crippen molar-refractivity contribution in [2.24, 2.45) is 0 Å². The molecule has 1 amide bonds. The number of hydrogen-bond acceptors (Lipinski definition) is 3. The first kappa shape index (κ1) is 18.0. The molecule has 0 aliphatic rings. The minimum atomic E-state index is 0.0169. The number of unbranched alkanes of at least 4 members (excludes halogenated alkanes) is 1. The molecule has 1 aromatic carbocycles. The highest BCUT2D eigenvalue weighted by atomic mass is 79.9. The van der Waals surface area contributed by atoms with Crippen LogP contribution in [0.1, 0.15) is 32.6 Å².